The second-order valence-electron chi connectivity index (χ2n) is 3.54. The van der Waals surface area contributed by atoms with Crippen molar-refractivity contribution in [1.29, 1.82) is 0 Å². The van der Waals surface area contributed by atoms with Gasteiger partial charge in [0.15, 0.2) is 0 Å². The predicted octanol–water partition coefficient (Wildman–Crippen LogP) is 0.0940. The largest absolute Gasteiger partial charge is 0.481 e. The third-order valence-electron chi connectivity index (χ3n) is 2.36. The maximum atomic E-state index is 9.87. The molecule has 2 unspecified atom stereocenters. The van der Waals surface area contributed by atoms with Gasteiger partial charge in [0.25, 0.3) is 0 Å². The highest BCUT2D eigenvalue weighted by molar-refractivity contribution is 5.23. The normalized spacial score (nSPS) is 14.5. The Balaban J connectivity index is 2.67. The first kappa shape index (κ1) is 12.9. The lowest BCUT2D eigenvalue weighted by Gasteiger charge is -2.18. The number of aliphatic hydroxyl groups excluding tert-OH is 2. The number of hydrogen-bond donors (Lipinski definition) is 3. The molecule has 5 heteroatoms. The molecule has 2 atom stereocenters. The van der Waals surface area contributed by atoms with Gasteiger partial charge in [-0.15, -0.1) is 0 Å². The lowest BCUT2D eigenvalue weighted by Crippen LogP contribution is -2.23. The van der Waals surface area contributed by atoms with Crippen LogP contribution in [0.4, 0.5) is 0 Å². The average molecular weight is 226 g/mol. The summed E-state index contributed by atoms with van der Waals surface area (Å²) in [6, 6.07) is 3.28. The fourth-order valence-corrected chi connectivity index (χ4v) is 1.39. The fraction of sp³-hybridized carbons (Fsp3) is 0.545. The monoisotopic (exact) mass is 226 g/mol. The van der Waals surface area contributed by atoms with Crippen molar-refractivity contribution in [2.75, 3.05) is 20.7 Å². The van der Waals surface area contributed by atoms with Crippen LogP contribution >= 0.6 is 0 Å². The molecule has 90 valence electrons. The summed E-state index contributed by atoms with van der Waals surface area (Å²) >= 11 is 0. The molecule has 0 radical (unpaired) electrons. The van der Waals surface area contributed by atoms with Gasteiger partial charge in [0.2, 0.25) is 5.88 Å². The van der Waals surface area contributed by atoms with Crippen molar-refractivity contribution < 1.29 is 14.9 Å². The molecule has 0 bridgehead atoms. The van der Waals surface area contributed by atoms with Crippen LogP contribution < -0.4 is 10.1 Å². The summed E-state index contributed by atoms with van der Waals surface area (Å²) in [5, 5.41) is 22.5. The Labute approximate surface area is 95.1 Å². The molecule has 1 aromatic heterocycles. The summed E-state index contributed by atoms with van der Waals surface area (Å²) in [4.78, 5) is 3.93. The van der Waals surface area contributed by atoms with E-state index < -0.39 is 12.2 Å². The van der Waals surface area contributed by atoms with Crippen LogP contribution in [0.1, 0.15) is 18.1 Å². The molecule has 0 aliphatic carbocycles. The van der Waals surface area contributed by atoms with E-state index in [0.717, 1.165) is 0 Å². The molecule has 0 aromatic carbocycles. The number of nitrogens with one attached hydrogen (secondary N) is 1. The van der Waals surface area contributed by atoms with Gasteiger partial charge in [-0.3, -0.25) is 0 Å². The molecule has 16 heavy (non-hydrogen) atoms. The Morgan fingerprint density at radius 2 is 2.25 bits per heavy atom. The quantitative estimate of drug-likeness (QED) is 0.641. The van der Waals surface area contributed by atoms with E-state index in [1.807, 2.05) is 0 Å². The minimum atomic E-state index is -0.912. The second-order valence-corrected chi connectivity index (χ2v) is 3.54. The zero-order chi connectivity index (χ0) is 12.0. The molecule has 0 saturated carbocycles. The van der Waals surface area contributed by atoms with Gasteiger partial charge in [0.1, 0.15) is 6.10 Å². The van der Waals surface area contributed by atoms with Crippen LogP contribution in [0.3, 0.4) is 0 Å². The minimum Gasteiger partial charge on any atom is -0.481 e. The number of methoxy groups -OCH3 is 1. The van der Waals surface area contributed by atoms with Crippen LogP contribution in [-0.2, 0) is 0 Å². The van der Waals surface area contributed by atoms with Gasteiger partial charge in [-0.2, -0.15) is 0 Å². The van der Waals surface area contributed by atoms with Gasteiger partial charge in [0.05, 0.1) is 13.2 Å². The number of hydrogen-bond acceptors (Lipinski definition) is 5. The molecule has 5 nitrogen and oxygen atoms in total. The van der Waals surface area contributed by atoms with Crippen LogP contribution in [-0.4, -0.2) is 42.0 Å². The molecule has 0 fully saturated rings. The summed E-state index contributed by atoms with van der Waals surface area (Å²) in [6.45, 7) is 0.653. The number of aliphatic hydroxyl groups is 2. The number of nitrogens with zero attached hydrogens (tertiary/aromatic N) is 1. The number of rotatable bonds is 6. The van der Waals surface area contributed by atoms with E-state index in [-0.39, 0.29) is 0 Å². The first-order valence-corrected chi connectivity index (χ1v) is 5.19. The van der Waals surface area contributed by atoms with Gasteiger partial charge in [-0.05, 0) is 31.6 Å². The van der Waals surface area contributed by atoms with Crippen LogP contribution in [0, 0.1) is 0 Å². The van der Waals surface area contributed by atoms with Gasteiger partial charge in [0, 0.05) is 12.3 Å². The summed E-state index contributed by atoms with van der Waals surface area (Å²) in [6.07, 6.45) is 0.328. The molecule has 1 aromatic rings. The van der Waals surface area contributed by atoms with E-state index in [1.54, 1.807) is 25.4 Å². The highest BCUT2D eigenvalue weighted by atomic mass is 16.5. The molecular formula is C11H18N2O3. The van der Waals surface area contributed by atoms with Crippen molar-refractivity contribution in [3.63, 3.8) is 0 Å². The Morgan fingerprint density at radius 3 is 2.88 bits per heavy atom. The van der Waals surface area contributed by atoms with Crippen LogP contribution in [0.25, 0.3) is 0 Å². The first-order chi connectivity index (χ1) is 7.69. The average Bonchev–Trinajstić information content (AvgIpc) is 2.35. The molecular weight excluding hydrogens is 208 g/mol. The maximum absolute atomic E-state index is 9.87. The Hall–Kier alpha value is -1.17. The second kappa shape index (κ2) is 6.42. The van der Waals surface area contributed by atoms with E-state index >= 15 is 0 Å². The zero-order valence-electron chi connectivity index (χ0n) is 9.55. The molecule has 0 aliphatic heterocycles. The maximum Gasteiger partial charge on any atom is 0.213 e. The van der Waals surface area contributed by atoms with Crippen molar-refractivity contribution in [3.8, 4) is 5.88 Å². The number of ether oxygens (including phenoxy) is 1. The van der Waals surface area contributed by atoms with E-state index in [9.17, 15) is 10.2 Å². The van der Waals surface area contributed by atoms with Crippen molar-refractivity contribution in [3.05, 3.63) is 23.9 Å². The van der Waals surface area contributed by atoms with Gasteiger partial charge < -0.3 is 20.3 Å². The first-order valence-electron chi connectivity index (χ1n) is 5.19. The van der Waals surface area contributed by atoms with E-state index in [1.165, 1.54) is 7.11 Å². The van der Waals surface area contributed by atoms with Gasteiger partial charge in [-0.25, -0.2) is 4.98 Å². The van der Waals surface area contributed by atoms with Crippen molar-refractivity contribution in [2.24, 2.45) is 0 Å². The summed E-state index contributed by atoms with van der Waals surface area (Å²) < 4.78 is 4.95. The third kappa shape index (κ3) is 3.44. The zero-order valence-corrected chi connectivity index (χ0v) is 9.55. The van der Waals surface area contributed by atoms with Crippen molar-refractivity contribution in [1.82, 2.24) is 10.3 Å². The molecule has 0 amide bonds. The number of aromatic nitrogens is 1. The Bertz CT molecular complexity index is 320. The smallest absolute Gasteiger partial charge is 0.213 e. The topological polar surface area (TPSA) is 74.6 Å². The lowest BCUT2D eigenvalue weighted by molar-refractivity contribution is 0.0139. The summed E-state index contributed by atoms with van der Waals surface area (Å²) in [5.41, 5.74) is 0.607. The molecule has 1 heterocycles. The van der Waals surface area contributed by atoms with Crippen LogP contribution in [0.15, 0.2) is 18.3 Å². The van der Waals surface area contributed by atoms with E-state index in [2.05, 4.69) is 10.3 Å². The van der Waals surface area contributed by atoms with E-state index in [4.69, 9.17) is 4.74 Å². The summed E-state index contributed by atoms with van der Waals surface area (Å²) in [5.74, 6) is 0.428. The highest BCUT2D eigenvalue weighted by Gasteiger charge is 2.18. The van der Waals surface area contributed by atoms with Gasteiger partial charge >= 0.3 is 0 Å². The molecule has 3 N–H and O–H groups in total. The predicted molar refractivity (Wildman–Crippen MR) is 60.3 cm³/mol. The third-order valence-corrected chi connectivity index (χ3v) is 2.36. The minimum absolute atomic E-state index is 0.428. The fourth-order valence-electron chi connectivity index (χ4n) is 1.39. The molecule has 0 saturated heterocycles. The van der Waals surface area contributed by atoms with Crippen molar-refractivity contribution in [2.45, 2.75) is 18.6 Å². The van der Waals surface area contributed by atoms with E-state index in [0.29, 0.717) is 24.4 Å². The number of pyridine rings is 1. The Kier molecular flexibility index (Phi) is 5.18. The van der Waals surface area contributed by atoms with Crippen molar-refractivity contribution >= 4 is 0 Å². The molecule has 1 rings (SSSR count). The summed E-state index contributed by atoms with van der Waals surface area (Å²) in [7, 11) is 3.31. The highest BCUT2D eigenvalue weighted by Crippen LogP contribution is 2.21. The Morgan fingerprint density at radius 1 is 1.50 bits per heavy atom. The molecule has 0 aliphatic rings. The molecule has 0 spiro atoms. The lowest BCUT2D eigenvalue weighted by atomic mass is 10.0. The van der Waals surface area contributed by atoms with Crippen LogP contribution in [0.5, 0.6) is 5.88 Å². The van der Waals surface area contributed by atoms with Gasteiger partial charge in [-0.1, -0.05) is 0 Å². The van der Waals surface area contributed by atoms with Crippen LogP contribution in [0.2, 0.25) is 0 Å². The standard InChI is InChI=1S/C11H18N2O3/c1-12-5-4-9(14)11(15)8-3-6-13-10(7-8)16-2/h3,6-7,9,11-12,14-15H,4-5H2,1-2H3. The SMILES string of the molecule is CNCCC(O)C(O)c1ccnc(OC)c1.